The van der Waals surface area contributed by atoms with Crippen molar-refractivity contribution in [1.29, 1.82) is 0 Å². The Morgan fingerprint density at radius 3 is 2.43 bits per heavy atom. The number of hydrogen-bond donors (Lipinski definition) is 1. The maximum atomic E-state index is 13.6. The van der Waals surface area contributed by atoms with Crippen molar-refractivity contribution in [1.82, 2.24) is 19.4 Å². The van der Waals surface area contributed by atoms with Gasteiger partial charge in [-0.1, -0.05) is 52.3 Å². The molecule has 1 atom stereocenters. The van der Waals surface area contributed by atoms with Crippen LogP contribution in [-0.2, 0) is 0 Å². The summed E-state index contributed by atoms with van der Waals surface area (Å²) in [5.41, 5.74) is 1.83. The number of aromatic nitrogens is 2. The van der Waals surface area contributed by atoms with Crippen molar-refractivity contribution >= 4 is 38.6 Å². The quantitative estimate of drug-likeness (QED) is 0.349. The Balaban J connectivity index is 1.81. The number of fused-ring (bicyclic) bond motifs is 1. The summed E-state index contributed by atoms with van der Waals surface area (Å²) in [6.07, 6.45) is 0. The number of nitrogens with one attached hydrogen (secondary N) is 1. The number of carbonyl (C=O) groups is 1. The molecule has 1 aromatic heterocycles. The van der Waals surface area contributed by atoms with Gasteiger partial charge in [-0.3, -0.25) is 9.36 Å². The van der Waals surface area contributed by atoms with E-state index in [0.717, 1.165) is 4.47 Å². The summed E-state index contributed by atoms with van der Waals surface area (Å²) >= 11 is 3.45. The minimum absolute atomic E-state index is 0.163. The highest BCUT2D eigenvalue weighted by Crippen LogP contribution is 2.24. The van der Waals surface area contributed by atoms with Crippen molar-refractivity contribution in [2.75, 3.05) is 32.5 Å². The van der Waals surface area contributed by atoms with Gasteiger partial charge in [-0.25, -0.2) is 9.78 Å². The number of rotatable bonds is 7. The van der Waals surface area contributed by atoms with Crippen LogP contribution in [0.3, 0.4) is 0 Å². The molecular weight excluding hydrogens is 506 g/mol. The molecule has 180 valence electrons. The lowest BCUT2D eigenvalue weighted by Gasteiger charge is -2.31. The number of amides is 2. The Kier molecular flexibility index (Phi) is 7.63. The van der Waals surface area contributed by atoms with Crippen LogP contribution >= 0.6 is 15.9 Å². The molecule has 4 rings (SSSR count). The molecule has 3 aromatic carbocycles. The van der Waals surface area contributed by atoms with Crippen LogP contribution in [0.4, 0.5) is 10.5 Å². The van der Waals surface area contributed by atoms with Gasteiger partial charge in [0.1, 0.15) is 5.82 Å². The lowest BCUT2D eigenvalue weighted by atomic mass is 10.2. The summed E-state index contributed by atoms with van der Waals surface area (Å²) < 4.78 is 2.49. The third-order valence-corrected chi connectivity index (χ3v) is 6.28. The van der Waals surface area contributed by atoms with Gasteiger partial charge in [0, 0.05) is 23.2 Å². The van der Waals surface area contributed by atoms with Gasteiger partial charge in [0.2, 0.25) is 0 Å². The first-order valence-corrected chi connectivity index (χ1v) is 12.2. The lowest BCUT2D eigenvalue weighted by molar-refractivity contribution is 0.181. The number of nitrogens with zero attached hydrogens (tertiary/aromatic N) is 4. The third kappa shape index (κ3) is 5.61. The first-order chi connectivity index (χ1) is 16.8. The van der Waals surface area contributed by atoms with E-state index in [-0.39, 0.29) is 11.6 Å². The highest BCUT2D eigenvalue weighted by molar-refractivity contribution is 9.10. The molecule has 0 radical (unpaired) electrons. The molecule has 1 unspecified atom stereocenters. The van der Waals surface area contributed by atoms with E-state index in [2.05, 4.69) is 21.2 Å². The lowest BCUT2D eigenvalue weighted by Crippen LogP contribution is -2.43. The molecule has 7 nitrogen and oxygen atoms in total. The zero-order chi connectivity index (χ0) is 24.9. The fourth-order valence-corrected chi connectivity index (χ4v) is 4.34. The number of likely N-dealkylation sites (N-methyl/N-ethyl adjacent to an activating group) is 1. The smallest absolute Gasteiger partial charge is 0.313 e. The van der Waals surface area contributed by atoms with E-state index in [0.29, 0.717) is 41.2 Å². The van der Waals surface area contributed by atoms with Crippen molar-refractivity contribution in [3.63, 3.8) is 0 Å². The Bertz CT molecular complexity index is 1390. The summed E-state index contributed by atoms with van der Waals surface area (Å²) in [5.74, 6) is 0.503. The minimum atomic E-state index is -0.486. The van der Waals surface area contributed by atoms with E-state index in [1.807, 2.05) is 98.7 Å². The number of anilines is 1. The van der Waals surface area contributed by atoms with Crippen LogP contribution in [0, 0.1) is 0 Å². The SMILES string of the molecule is CC(c1nc2ccccc2c(=O)n1-c1ccccc1)N(CCN(C)C)C(=O)Nc1cccc(Br)c1. The number of para-hydroxylation sites is 2. The third-order valence-electron chi connectivity index (χ3n) is 5.78. The molecule has 0 aliphatic carbocycles. The average molecular weight is 534 g/mol. The molecule has 4 aromatic rings. The normalized spacial score (nSPS) is 12.0. The van der Waals surface area contributed by atoms with Gasteiger partial charge < -0.3 is 15.1 Å². The van der Waals surface area contributed by atoms with E-state index in [4.69, 9.17) is 4.98 Å². The molecule has 0 aliphatic rings. The summed E-state index contributed by atoms with van der Waals surface area (Å²) in [5, 5.41) is 3.52. The maximum absolute atomic E-state index is 13.6. The minimum Gasteiger partial charge on any atom is -0.313 e. The zero-order valence-electron chi connectivity index (χ0n) is 20.0. The number of benzene rings is 3. The number of carbonyl (C=O) groups excluding carboxylic acids is 1. The molecule has 8 heteroatoms. The van der Waals surface area contributed by atoms with Crippen LogP contribution in [0.2, 0.25) is 0 Å². The molecule has 0 spiro atoms. The fraction of sp³-hybridized carbons (Fsp3) is 0.222. The predicted octanol–water partition coefficient (Wildman–Crippen LogP) is 5.30. The largest absolute Gasteiger partial charge is 0.322 e. The van der Waals surface area contributed by atoms with Gasteiger partial charge in [-0.05, 0) is 63.5 Å². The molecule has 0 saturated carbocycles. The Morgan fingerprint density at radius 2 is 1.71 bits per heavy atom. The Morgan fingerprint density at radius 1 is 1.00 bits per heavy atom. The van der Waals surface area contributed by atoms with Gasteiger partial charge in [0.25, 0.3) is 5.56 Å². The van der Waals surface area contributed by atoms with Gasteiger partial charge >= 0.3 is 6.03 Å². The van der Waals surface area contributed by atoms with Crippen LogP contribution in [-0.4, -0.2) is 52.6 Å². The van der Waals surface area contributed by atoms with Crippen molar-refractivity contribution in [3.05, 3.63) is 99.5 Å². The second-order valence-electron chi connectivity index (χ2n) is 8.58. The summed E-state index contributed by atoms with van der Waals surface area (Å²) in [6, 6.07) is 23.4. The van der Waals surface area contributed by atoms with Gasteiger partial charge in [-0.15, -0.1) is 0 Å². The van der Waals surface area contributed by atoms with Crippen molar-refractivity contribution in [2.45, 2.75) is 13.0 Å². The van der Waals surface area contributed by atoms with Gasteiger partial charge in [-0.2, -0.15) is 0 Å². The molecular formula is C27H28BrN5O2. The predicted molar refractivity (Wildman–Crippen MR) is 144 cm³/mol. The molecule has 35 heavy (non-hydrogen) atoms. The first kappa shape index (κ1) is 24.6. The van der Waals surface area contributed by atoms with E-state index < -0.39 is 6.04 Å². The second kappa shape index (κ2) is 10.8. The second-order valence-corrected chi connectivity index (χ2v) is 9.49. The standard InChI is InChI=1S/C27H28BrN5O2/c1-19(32(17-16-31(2)3)27(35)29-21-11-9-10-20(28)18-21)25-30-24-15-8-7-14-23(24)26(34)33(25)22-12-5-4-6-13-22/h4-15,18-19H,16-17H2,1-3H3,(H,29,35). The number of hydrogen-bond acceptors (Lipinski definition) is 4. The molecule has 2 amide bonds. The van der Waals surface area contributed by atoms with E-state index in [1.54, 1.807) is 15.5 Å². The van der Waals surface area contributed by atoms with Crippen molar-refractivity contribution < 1.29 is 4.79 Å². The zero-order valence-corrected chi connectivity index (χ0v) is 21.6. The van der Waals surface area contributed by atoms with Gasteiger partial charge in [0.15, 0.2) is 0 Å². The topological polar surface area (TPSA) is 70.5 Å². The van der Waals surface area contributed by atoms with Crippen LogP contribution in [0.25, 0.3) is 16.6 Å². The van der Waals surface area contributed by atoms with Gasteiger partial charge in [0.05, 0.1) is 22.6 Å². The molecule has 0 saturated heterocycles. The Hall–Kier alpha value is -3.49. The van der Waals surface area contributed by atoms with Crippen LogP contribution in [0.1, 0.15) is 18.8 Å². The van der Waals surface area contributed by atoms with Crippen molar-refractivity contribution in [3.8, 4) is 5.69 Å². The summed E-state index contributed by atoms with van der Waals surface area (Å²) in [4.78, 5) is 35.8. The molecule has 0 bridgehead atoms. The molecule has 1 N–H and O–H groups in total. The summed E-state index contributed by atoms with van der Waals surface area (Å²) in [6.45, 7) is 3.01. The monoisotopic (exact) mass is 533 g/mol. The van der Waals surface area contributed by atoms with E-state index in [9.17, 15) is 9.59 Å². The highest BCUT2D eigenvalue weighted by atomic mass is 79.9. The molecule has 1 heterocycles. The number of urea groups is 1. The number of halogens is 1. The first-order valence-electron chi connectivity index (χ1n) is 11.4. The van der Waals surface area contributed by atoms with E-state index in [1.165, 1.54) is 0 Å². The molecule has 0 aliphatic heterocycles. The fourth-order valence-electron chi connectivity index (χ4n) is 3.94. The molecule has 0 fully saturated rings. The summed E-state index contributed by atoms with van der Waals surface area (Å²) in [7, 11) is 3.92. The average Bonchev–Trinajstić information content (AvgIpc) is 2.84. The van der Waals surface area contributed by atoms with E-state index >= 15 is 0 Å². The van der Waals surface area contributed by atoms with Crippen LogP contribution in [0.5, 0.6) is 0 Å². The van der Waals surface area contributed by atoms with Crippen LogP contribution in [0.15, 0.2) is 88.1 Å². The Labute approximate surface area is 213 Å². The van der Waals surface area contributed by atoms with Crippen molar-refractivity contribution in [2.24, 2.45) is 0 Å². The highest BCUT2D eigenvalue weighted by Gasteiger charge is 2.27. The van der Waals surface area contributed by atoms with Crippen LogP contribution < -0.4 is 10.9 Å². The maximum Gasteiger partial charge on any atom is 0.322 e.